The highest BCUT2D eigenvalue weighted by Gasteiger charge is 2.16. The van der Waals surface area contributed by atoms with Crippen LogP contribution in [0.1, 0.15) is 47.6 Å². The van der Waals surface area contributed by atoms with Gasteiger partial charge in [-0.3, -0.25) is 9.36 Å². The third kappa shape index (κ3) is 5.91. The average molecular weight is 475 g/mol. The van der Waals surface area contributed by atoms with Gasteiger partial charge in [-0.25, -0.2) is 4.39 Å². The van der Waals surface area contributed by atoms with E-state index in [1.54, 1.807) is 23.9 Å². The molecular weight excluding hydrogens is 447 g/mol. The van der Waals surface area contributed by atoms with E-state index >= 15 is 0 Å². The maximum Gasteiger partial charge on any atom is 0.251 e. The Labute approximate surface area is 203 Å². The molecule has 5 nitrogen and oxygen atoms in total. The van der Waals surface area contributed by atoms with Gasteiger partial charge in [0.15, 0.2) is 5.16 Å². The second-order valence-electron chi connectivity index (χ2n) is 8.14. The van der Waals surface area contributed by atoms with Gasteiger partial charge in [0.1, 0.15) is 11.6 Å². The number of nitrogens with one attached hydrogen (secondary N) is 1. The van der Waals surface area contributed by atoms with Crippen molar-refractivity contribution in [2.24, 2.45) is 0 Å². The van der Waals surface area contributed by atoms with E-state index < -0.39 is 0 Å². The molecule has 1 aromatic heterocycles. The van der Waals surface area contributed by atoms with Crippen LogP contribution in [0.2, 0.25) is 0 Å². The lowest BCUT2D eigenvalue weighted by molar-refractivity contribution is 0.0939. The van der Waals surface area contributed by atoms with E-state index in [2.05, 4.69) is 27.6 Å². The predicted octanol–water partition coefficient (Wildman–Crippen LogP) is 5.82. The Morgan fingerprint density at radius 3 is 2.35 bits per heavy atom. The van der Waals surface area contributed by atoms with Crippen molar-refractivity contribution < 1.29 is 9.18 Å². The Morgan fingerprint density at radius 1 is 0.971 bits per heavy atom. The van der Waals surface area contributed by atoms with Gasteiger partial charge in [-0.2, -0.15) is 0 Å². The monoisotopic (exact) mass is 474 g/mol. The Morgan fingerprint density at radius 2 is 1.68 bits per heavy atom. The van der Waals surface area contributed by atoms with E-state index in [1.165, 1.54) is 12.1 Å². The van der Waals surface area contributed by atoms with Crippen molar-refractivity contribution in [3.05, 3.63) is 107 Å². The minimum absolute atomic E-state index is 0.0600. The van der Waals surface area contributed by atoms with Gasteiger partial charge < -0.3 is 5.32 Å². The summed E-state index contributed by atoms with van der Waals surface area (Å²) in [5.41, 5.74) is 3.66. The van der Waals surface area contributed by atoms with E-state index in [-0.39, 0.29) is 17.8 Å². The number of benzene rings is 3. The van der Waals surface area contributed by atoms with Gasteiger partial charge in [-0.1, -0.05) is 61.2 Å². The van der Waals surface area contributed by atoms with Gasteiger partial charge in [0.05, 0.1) is 0 Å². The molecule has 0 saturated heterocycles. The molecule has 0 aliphatic rings. The zero-order chi connectivity index (χ0) is 23.9. The second-order valence-corrected chi connectivity index (χ2v) is 9.08. The highest BCUT2D eigenvalue weighted by molar-refractivity contribution is 7.98. The Bertz CT molecular complexity index is 1220. The first-order valence-electron chi connectivity index (χ1n) is 11.3. The zero-order valence-corrected chi connectivity index (χ0v) is 20.1. The maximum atomic E-state index is 13.6. The molecule has 174 valence electrons. The Kier molecular flexibility index (Phi) is 7.75. The minimum atomic E-state index is -0.284. The highest BCUT2D eigenvalue weighted by atomic mass is 32.2. The van der Waals surface area contributed by atoms with Crippen molar-refractivity contribution in [2.45, 2.75) is 43.6 Å². The normalized spacial score (nSPS) is 11.9. The van der Waals surface area contributed by atoms with E-state index in [0.717, 1.165) is 34.2 Å². The summed E-state index contributed by atoms with van der Waals surface area (Å²) in [6, 6.07) is 24.2. The van der Waals surface area contributed by atoms with Gasteiger partial charge >= 0.3 is 0 Å². The standard InChI is InChI=1S/C27H27FN4OS/c1-3-19(2)29-26(33)22-11-9-21(10-12-22)18-34-27-31-30-25(17-20-7-5-4-6-8-20)32(27)24-15-13-23(28)14-16-24/h4-16,19H,3,17-18H2,1-2H3,(H,29,33). The number of rotatable bonds is 9. The number of thioether (sulfide) groups is 1. The first-order valence-corrected chi connectivity index (χ1v) is 12.3. The molecule has 1 atom stereocenters. The molecule has 1 heterocycles. The van der Waals surface area contributed by atoms with E-state index in [4.69, 9.17) is 0 Å². The summed E-state index contributed by atoms with van der Waals surface area (Å²) in [6.07, 6.45) is 1.51. The van der Waals surface area contributed by atoms with E-state index in [1.807, 2.05) is 60.9 Å². The number of nitrogens with zero attached hydrogens (tertiary/aromatic N) is 3. The van der Waals surface area contributed by atoms with E-state index in [0.29, 0.717) is 17.7 Å². The number of carbonyl (C=O) groups excluding carboxylic acids is 1. The molecule has 0 fully saturated rings. The fourth-order valence-electron chi connectivity index (χ4n) is 3.45. The highest BCUT2D eigenvalue weighted by Crippen LogP contribution is 2.26. The number of halogens is 1. The third-order valence-corrected chi connectivity index (χ3v) is 6.56. The topological polar surface area (TPSA) is 59.8 Å². The van der Waals surface area contributed by atoms with Crippen LogP contribution in [0.3, 0.4) is 0 Å². The summed E-state index contributed by atoms with van der Waals surface area (Å²) < 4.78 is 15.5. The molecule has 3 aromatic carbocycles. The minimum Gasteiger partial charge on any atom is -0.350 e. The fraction of sp³-hybridized carbons (Fsp3) is 0.222. The lowest BCUT2D eigenvalue weighted by atomic mass is 10.1. The number of amides is 1. The molecule has 0 bridgehead atoms. The molecule has 0 aliphatic heterocycles. The third-order valence-electron chi connectivity index (χ3n) is 5.56. The summed E-state index contributed by atoms with van der Waals surface area (Å²) in [5, 5.41) is 12.6. The lowest BCUT2D eigenvalue weighted by Gasteiger charge is -2.12. The number of hydrogen-bond donors (Lipinski definition) is 1. The van der Waals surface area contributed by atoms with Crippen LogP contribution in [-0.2, 0) is 12.2 Å². The molecular formula is C27H27FN4OS. The average Bonchev–Trinajstić information content (AvgIpc) is 3.26. The van der Waals surface area contributed by atoms with Crippen molar-refractivity contribution in [1.82, 2.24) is 20.1 Å². The molecule has 4 rings (SSSR count). The summed E-state index contributed by atoms with van der Waals surface area (Å²) in [5.74, 6) is 1.11. The molecule has 4 aromatic rings. The molecule has 0 aliphatic carbocycles. The van der Waals surface area contributed by atoms with Gasteiger partial charge in [0.25, 0.3) is 5.91 Å². The van der Waals surface area contributed by atoms with Crippen LogP contribution in [0, 0.1) is 5.82 Å². The Balaban J connectivity index is 1.52. The zero-order valence-electron chi connectivity index (χ0n) is 19.2. The van der Waals surface area contributed by atoms with Gasteiger partial charge in [-0.15, -0.1) is 10.2 Å². The van der Waals surface area contributed by atoms with Crippen molar-refractivity contribution in [3.8, 4) is 5.69 Å². The molecule has 1 unspecified atom stereocenters. The van der Waals surface area contributed by atoms with Crippen molar-refractivity contribution >= 4 is 17.7 Å². The number of hydrogen-bond acceptors (Lipinski definition) is 4. The van der Waals surface area contributed by atoms with Crippen LogP contribution < -0.4 is 5.32 Å². The van der Waals surface area contributed by atoms with Crippen LogP contribution in [0.25, 0.3) is 5.69 Å². The van der Waals surface area contributed by atoms with Crippen LogP contribution >= 0.6 is 11.8 Å². The molecule has 0 radical (unpaired) electrons. The lowest BCUT2D eigenvalue weighted by Crippen LogP contribution is -2.31. The predicted molar refractivity (Wildman–Crippen MR) is 134 cm³/mol. The maximum absolute atomic E-state index is 13.6. The Hall–Kier alpha value is -3.45. The summed E-state index contributed by atoms with van der Waals surface area (Å²) in [6.45, 7) is 4.04. The molecule has 7 heteroatoms. The quantitative estimate of drug-likeness (QED) is 0.311. The number of carbonyl (C=O) groups is 1. The molecule has 1 N–H and O–H groups in total. The summed E-state index contributed by atoms with van der Waals surface area (Å²) in [7, 11) is 0. The SMILES string of the molecule is CCC(C)NC(=O)c1ccc(CSc2nnc(Cc3ccccc3)n2-c2ccc(F)cc2)cc1. The first kappa shape index (κ1) is 23.7. The molecule has 34 heavy (non-hydrogen) atoms. The largest absolute Gasteiger partial charge is 0.350 e. The summed E-state index contributed by atoms with van der Waals surface area (Å²) >= 11 is 1.55. The molecule has 0 spiro atoms. The van der Waals surface area contributed by atoms with Crippen molar-refractivity contribution in [1.29, 1.82) is 0 Å². The molecule has 1 amide bonds. The first-order chi connectivity index (χ1) is 16.5. The molecule has 0 saturated carbocycles. The van der Waals surface area contributed by atoms with Crippen molar-refractivity contribution in [2.75, 3.05) is 0 Å². The van der Waals surface area contributed by atoms with Crippen LogP contribution in [0.5, 0.6) is 0 Å². The smallest absolute Gasteiger partial charge is 0.251 e. The van der Waals surface area contributed by atoms with Crippen molar-refractivity contribution in [3.63, 3.8) is 0 Å². The van der Waals surface area contributed by atoms with Crippen LogP contribution in [0.15, 0.2) is 84.0 Å². The van der Waals surface area contributed by atoms with E-state index in [9.17, 15) is 9.18 Å². The van der Waals surface area contributed by atoms with Crippen LogP contribution in [0.4, 0.5) is 4.39 Å². The van der Waals surface area contributed by atoms with Gasteiger partial charge in [0.2, 0.25) is 0 Å². The second kappa shape index (κ2) is 11.1. The summed E-state index contributed by atoms with van der Waals surface area (Å²) in [4.78, 5) is 12.3. The van der Waals surface area contributed by atoms with Gasteiger partial charge in [-0.05, 0) is 60.9 Å². The van der Waals surface area contributed by atoms with Crippen LogP contribution in [-0.4, -0.2) is 26.7 Å². The number of aromatic nitrogens is 3. The van der Waals surface area contributed by atoms with Gasteiger partial charge in [0, 0.05) is 29.5 Å². The fourth-order valence-corrected chi connectivity index (χ4v) is 4.37.